The molecular weight excluding hydrogens is 212 g/mol. The smallest absolute Gasteiger partial charge is 0.119 e. The molecule has 0 aliphatic carbocycles. The molecule has 0 saturated heterocycles. The highest BCUT2D eigenvalue weighted by atomic mass is 16.5. The van der Waals surface area contributed by atoms with E-state index < -0.39 is 0 Å². The molecule has 0 fully saturated rings. The molecule has 0 spiro atoms. The summed E-state index contributed by atoms with van der Waals surface area (Å²) in [6, 6.07) is 7.91. The average Bonchev–Trinajstić information content (AvgIpc) is 2.55. The number of ether oxygens (including phenoxy) is 1. The monoisotopic (exact) mass is 228 g/mol. The van der Waals surface area contributed by atoms with Crippen molar-refractivity contribution in [1.29, 1.82) is 5.41 Å². The fourth-order valence-electron chi connectivity index (χ4n) is 1.71. The van der Waals surface area contributed by atoms with Gasteiger partial charge in [-0.2, -0.15) is 0 Å². The van der Waals surface area contributed by atoms with Crippen LogP contribution in [0, 0.1) is 5.41 Å². The van der Waals surface area contributed by atoms with Crippen LogP contribution >= 0.6 is 0 Å². The Hall–Kier alpha value is -1.90. The molecular formula is C14H16N2O. The summed E-state index contributed by atoms with van der Waals surface area (Å²) in [5.41, 5.74) is 2.67. The molecule has 2 rings (SSSR count). The number of aliphatic imine (C=N–C) groups is 1. The molecule has 0 unspecified atom stereocenters. The Morgan fingerprint density at radius 3 is 3.06 bits per heavy atom. The van der Waals surface area contributed by atoms with Crippen LogP contribution in [0.5, 0.6) is 5.75 Å². The average molecular weight is 228 g/mol. The van der Waals surface area contributed by atoms with Gasteiger partial charge in [0.2, 0.25) is 0 Å². The van der Waals surface area contributed by atoms with Crippen molar-refractivity contribution in [2.45, 2.75) is 19.8 Å². The second kappa shape index (κ2) is 5.43. The molecule has 1 N–H and O–H groups in total. The highest BCUT2D eigenvalue weighted by Crippen LogP contribution is 2.22. The number of nitrogens with one attached hydrogen (secondary N) is 1. The first kappa shape index (κ1) is 11.6. The van der Waals surface area contributed by atoms with Crippen molar-refractivity contribution in [1.82, 2.24) is 0 Å². The molecule has 1 aromatic rings. The number of nitrogens with zero attached hydrogens (tertiary/aromatic N) is 1. The fourth-order valence-corrected chi connectivity index (χ4v) is 1.71. The quantitative estimate of drug-likeness (QED) is 0.847. The molecule has 0 amide bonds. The molecule has 0 aromatic heterocycles. The number of hydrogen-bond acceptors (Lipinski definition) is 3. The Morgan fingerprint density at radius 1 is 1.35 bits per heavy atom. The standard InChI is InChI=1S/C14H16N2O/c1-2-17-13-5-3-4-11(10-13)14-7-6-12(15)8-9-16-14/h3-5,7,9-10,15H,2,6,8H2,1H3. The molecule has 17 heavy (non-hydrogen) atoms. The van der Waals surface area contributed by atoms with Gasteiger partial charge in [-0.25, -0.2) is 0 Å². The van der Waals surface area contributed by atoms with Crippen molar-refractivity contribution >= 4 is 17.6 Å². The minimum Gasteiger partial charge on any atom is -0.494 e. The zero-order valence-electron chi connectivity index (χ0n) is 9.94. The van der Waals surface area contributed by atoms with Crippen LogP contribution in [0.1, 0.15) is 25.3 Å². The maximum Gasteiger partial charge on any atom is 0.119 e. The molecule has 0 bridgehead atoms. The Labute approximate surface area is 101 Å². The summed E-state index contributed by atoms with van der Waals surface area (Å²) in [6.45, 7) is 2.63. The maximum atomic E-state index is 7.63. The third kappa shape index (κ3) is 3.03. The van der Waals surface area contributed by atoms with Crippen molar-refractivity contribution < 1.29 is 4.74 Å². The van der Waals surface area contributed by atoms with Crippen LogP contribution in [0.2, 0.25) is 0 Å². The van der Waals surface area contributed by atoms with E-state index in [1.165, 1.54) is 0 Å². The fraction of sp³-hybridized carbons (Fsp3) is 0.286. The van der Waals surface area contributed by atoms with Crippen LogP contribution in [-0.2, 0) is 0 Å². The van der Waals surface area contributed by atoms with Crippen LogP contribution < -0.4 is 4.74 Å². The van der Waals surface area contributed by atoms with Crippen LogP contribution in [0.4, 0.5) is 0 Å². The molecule has 0 atom stereocenters. The van der Waals surface area contributed by atoms with E-state index in [1.807, 2.05) is 37.3 Å². The predicted octanol–water partition coefficient (Wildman–Crippen LogP) is 3.31. The molecule has 1 aliphatic heterocycles. The second-order valence-corrected chi connectivity index (χ2v) is 3.87. The molecule has 1 heterocycles. The molecule has 1 aliphatic rings. The summed E-state index contributed by atoms with van der Waals surface area (Å²) >= 11 is 0. The third-order valence-corrected chi connectivity index (χ3v) is 2.55. The predicted molar refractivity (Wildman–Crippen MR) is 71.0 cm³/mol. The molecule has 3 heteroatoms. The molecule has 1 aromatic carbocycles. The SMILES string of the molecule is CCOc1cccc(C2=CCC(=N)CC=N2)c1. The lowest BCUT2D eigenvalue weighted by Gasteiger charge is -2.06. The number of benzene rings is 1. The maximum absolute atomic E-state index is 7.63. The Kier molecular flexibility index (Phi) is 3.70. The summed E-state index contributed by atoms with van der Waals surface area (Å²) < 4.78 is 5.47. The van der Waals surface area contributed by atoms with Crippen LogP contribution in [0.25, 0.3) is 5.70 Å². The van der Waals surface area contributed by atoms with Gasteiger partial charge in [-0.3, -0.25) is 4.99 Å². The zero-order valence-corrected chi connectivity index (χ0v) is 9.94. The molecule has 3 nitrogen and oxygen atoms in total. The second-order valence-electron chi connectivity index (χ2n) is 3.87. The van der Waals surface area contributed by atoms with Gasteiger partial charge in [0.15, 0.2) is 0 Å². The summed E-state index contributed by atoms with van der Waals surface area (Å²) in [5.74, 6) is 0.862. The first-order valence-electron chi connectivity index (χ1n) is 5.82. The summed E-state index contributed by atoms with van der Waals surface area (Å²) in [5, 5.41) is 7.63. The van der Waals surface area contributed by atoms with E-state index in [0.717, 1.165) is 17.0 Å². The van der Waals surface area contributed by atoms with Crippen molar-refractivity contribution in [2.75, 3.05) is 6.61 Å². The normalized spacial score (nSPS) is 15.4. The lowest BCUT2D eigenvalue weighted by molar-refractivity contribution is 0.340. The van der Waals surface area contributed by atoms with Crippen molar-refractivity contribution in [2.24, 2.45) is 4.99 Å². The van der Waals surface area contributed by atoms with Crippen LogP contribution in [0.15, 0.2) is 35.3 Å². The summed E-state index contributed by atoms with van der Waals surface area (Å²) in [4.78, 5) is 4.38. The van der Waals surface area contributed by atoms with Gasteiger partial charge in [0.1, 0.15) is 5.75 Å². The van der Waals surface area contributed by atoms with Gasteiger partial charge in [0, 0.05) is 30.3 Å². The topological polar surface area (TPSA) is 45.4 Å². The first-order valence-corrected chi connectivity index (χ1v) is 5.82. The Balaban J connectivity index is 2.26. The Morgan fingerprint density at radius 2 is 2.24 bits per heavy atom. The first-order chi connectivity index (χ1) is 8.29. The van der Waals surface area contributed by atoms with E-state index in [1.54, 1.807) is 6.21 Å². The highest BCUT2D eigenvalue weighted by molar-refractivity contribution is 5.98. The van der Waals surface area contributed by atoms with E-state index in [4.69, 9.17) is 10.1 Å². The Bertz CT molecular complexity index is 475. The molecule has 0 radical (unpaired) electrons. The van der Waals surface area contributed by atoms with Crippen LogP contribution in [-0.4, -0.2) is 18.5 Å². The van der Waals surface area contributed by atoms with E-state index in [-0.39, 0.29) is 0 Å². The van der Waals surface area contributed by atoms with E-state index in [2.05, 4.69) is 4.99 Å². The number of hydrogen-bond donors (Lipinski definition) is 1. The lowest BCUT2D eigenvalue weighted by atomic mass is 10.1. The number of allylic oxidation sites excluding steroid dienone is 1. The van der Waals surface area contributed by atoms with Crippen LogP contribution in [0.3, 0.4) is 0 Å². The van der Waals surface area contributed by atoms with Gasteiger partial charge < -0.3 is 10.1 Å². The minimum atomic E-state index is 0.644. The zero-order chi connectivity index (χ0) is 12.1. The van der Waals surface area contributed by atoms with Gasteiger partial charge >= 0.3 is 0 Å². The van der Waals surface area contributed by atoms with E-state index in [0.29, 0.717) is 25.2 Å². The van der Waals surface area contributed by atoms with Crippen molar-refractivity contribution in [3.8, 4) is 5.75 Å². The lowest BCUT2D eigenvalue weighted by Crippen LogP contribution is -1.92. The van der Waals surface area contributed by atoms with Gasteiger partial charge in [-0.05, 0) is 19.1 Å². The van der Waals surface area contributed by atoms with E-state index in [9.17, 15) is 0 Å². The van der Waals surface area contributed by atoms with Gasteiger partial charge in [-0.15, -0.1) is 0 Å². The molecule has 0 saturated carbocycles. The molecule has 88 valence electrons. The highest BCUT2D eigenvalue weighted by Gasteiger charge is 2.05. The largest absolute Gasteiger partial charge is 0.494 e. The van der Waals surface area contributed by atoms with Crippen molar-refractivity contribution in [3.63, 3.8) is 0 Å². The van der Waals surface area contributed by atoms with Crippen molar-refractivity contribution in [3.05, 3.63) is 35.9 Å². The third-order valence-electron chi connectivity index (χ3n) is 2.55. The minimum absolute atomic E-state index is 0.644. The van der Waals surface area contributed by atoms with E-state index >= 15 is 0 Å². The van der Waals surface area contributed by atoms with Gasteiger partial charge in [-0.1, -0.05) is 18.2 Å². The van der Waals surface area contributed by atoms with Gasteiger partial charge in [0.25, 0.3) is 0 Å². The van der Waals surface area contributed by atoms with Gasteiger partial charge in [0.05, 0.1) is 12.3 Å². The summed E-state index contributed by atoms with van der Waals surface area (Å²) in [7, 11) is 0. The summed E-state index contributed by atoms with van der Waals surface area (Å²) in [6.07, 6.45) is 5.12. The number of rotatable bonds is 3.